The van der Waals surface area contributed by atoms with Gasteiger partial charge in [-0.05, 0) is 25.8 Å². The van der Waals surface area contributed by atoms with Crippen LogP contribution in [-0.2, 0) is 17.7 Å². The Kier molecular flexibility index (Phi) is 3.33. The second-order valence-corrected chi connectivity index (χ2v) is 5.88. The van der Waals surface area contributed by atoms with Crippen LogP contribution in [0.15, 0.2) is 12.3 Å². The molecule has 100 valence electrons. The molecule has 19 heavy (non-hydrogen) atoms. The largest absolute Gasteiger partial charge is 0.462 e. The number of esters is 1. The molecule has 6 heteroatoms. The monoisotopic (exact) mass is 296 g/mol. The van der Waals surface area contributed by atoms with Gasteiger partial charge >= 0.3 is 5.97 Å². The van der Waals surface area contributed by atoms with Gasteiger partial charge in [-0.25, -0.2) is 4.79 Å². The Morgan fingerprint density at radius 2 is 2.47 bits per heavy atom. The Morgan fingerprint density at radius 3 is 3.26 bits per heavy atom. The molecule has 0 saturated carbocycles. The molecule has 4 nitrogen and oxygen atoms in total. The molecule has 0 atom stereocenters. The number of fused-ring (bicyclic) bond motifs is 3. The van der Waals surface area contributed by atoms with Crippen LogP contribution in [0, 0.1) is 0 Å². The number of nitrogens with zero attached hydrogens (tertiary/aromatic N) is 2. The SMILES string of the molecule is CCOC(=O)c1cc2c(s1)CCCn1ncc(Cl)c1-2. The van der Waals surface area contributed by atoms with E-state index in [0.29, 0.717) is 16.5 Å². The molecule has 0 N–H and O–H groups in total. The van der Waals surface area contributed by atoms with Gasteiger partial charge in [0, 0.05) is 17.0 Å². The summed E-state index contributed by atoms with van der Waals surface area (Å²) in [5.74, 6) is -0.261. The van der Waals surface area contributed by atoms with Gasteiger partial charge in [-0.15, -0.1) is 11.3 Å². The Morgan fingerprint density at radius 1 is 1.63 bits per heavy atom. The van der Waals surface area contributed by atoms with E-state index >= 15 is 0 Å². The molecule has 0 spiro atoms. The molecular formula is C13H13ClN2O2S. The van der Waals surface area contributed by atoms with Crippen LogP contribution in [-0.4, -0.2) is 22.4 Å². The number of aromatic nitrogens is 2. The summed E-state index contributed by atoms with van der Waals surface area (Å²) in [6.45, 7) is 3.06. The average molecular weight is 297 g/mol. The topological polar surface area (TPSA) is 44.1 Å². The molecule has 0 fully saturated rings. The summed E-state index contributed by atoms with van der Waals surface area (Å²) >= 11 is 7.71. The lowest BCUT2D eigenvalue weighted by atomic mass is 10.1. The van der Waals surface area contributed by atoms with Crippen LogP contribution in [0.3, 0.4) is 0 Å². The van der Waals surface area contributed by atoms with Crippen molar-refractivity contribution in [3.8, 4) is 11.3 Å². The lowest BCUT2D eigenvalue weighted by Gasteiger charge is -2.02. The molecule has 2 aromatic rings. The van der Waals surface area contributed by atoms with E-state index in [4.69, 9.17) is 16.3 Å². The molecule has 0 bridgehead atoms. The second kappa shape index (κ2) is 4.98. The number of thiophene rings is 1. The molecule has 0 radical (unpaired) electrons. The highest BCUT2D eigenvalue weighted by atomic mass is 35.5. The zero-order valence-electron chi connectivity index (χ0n) is 10.5. The maximum absolute atomic E-state index is 11.8. The van der Waals surface area contributed by atoms with E-state index in [9.17, 15) is 4.79 Å². The van der Waals surface area contributed by atoms with E-state index in [-0.39, 0.29) is 5.97 Å². The molecule has 0 amide bonds. The van der Waals surface area contributed by atoms with Crippen LogP contribution < -0.4 is 0 Å². The smallest absolute Gasteiger partial charge is 0.348 e. The van der Waals surface area contributed by atoms with Gasteiger partial charge in [-0.2, -0.15) is 5.10 Å². The minimum Gasteiger partial charge on any atom is -0.462 e. The van der Waals surface area contributed by atoms with Gasteiger partial charge in [0.2, 0.25) is 0 Å². The number of carbonyl (C=O) groups is 1. The summed E-state index contributed by atoms with van der Waals surface area (Å²) in [6, 6.07) is 1.88. The zero-order chi connectivity index (χ0) is 13.4. The molecule has 1 aliphatic heterocycles. The van der Waals surface area contributed by atoms with E-state index < -0.39 is 0 Å². The van der Waals surface area contributed by atoms with E-state index in [0.717, 1.165) is 30.6 Å². The highest BCUT2D eigenvalue weighted by molar-refractivity contribution is 7.14. The van der Waals surface area contributed by atoms with Gasteiger partial charge in [0.05, 0.1) is 23.5 Å². The van der Waals surface area contributed by atoms with Crippen LogP contribution in [0.5, 0.6) is 0 Å². The van der Waals surface area contributed by atoms with Crippen molar-refractivity contribution in [2.45, 2.75) is 26.3 Å². The first-order valence-electron chi connectivity index (χ1n) is 6.22. The fraction of sp³-hybridized carbons (Fsp3) is 0.385. The van der Waals surface area contributed by atoms with Gasteiger partial charge in [0.15, 0.2) is 0 Å². The van der Waals surface area contributed by atoms with E-state index in [1.165, 1.54) is 16.2 Å². The van der Waals surface area contributed by atoms with Gasteiger partial charge in [0.25, 0.3) is 0 Å². The molecule has 3 heterocycles. The Labute approximate surface area is 119 Å². The molecule has 0 aliphatic carbocycles. The second-order valence-electron chi connectivity index (χ2n) is 4.34. The van der Waals surface area contributed by atoms with Crippen LogP contribution in [0.4, 0.5) is 0 Å². The van der Waals surface area contributed by atoms with Gasteiger partial charge in [0.1, 0.15) is 4.88 Å². The number of carbonyl (C=O) groups excluding carboxylic acids is 1. The first-order chi connectivity index (χ1) is 9.20. The van der Waals surface area contributed by atoms with Crippen molar-refractivity contribution in [1.29, 1.82) is 0 Å². The number of hydrogen-bond donors (Lipinski definition) is 0. The molecule has 0 aromatic carbocycles. The Bertz CT molecular complexity index is 633. The molecular weight excluding hydrogens is 284 g/mol. The first kappa shape index (κ1) is 12.7. The molecule has 1 aliphatic rings. The summed E-state index contributed by atoms with van der Waals surface area (Å²) in [5.41, 5.74) is 1.94. The molecule has 0 unspecified atom stereocenters. The van der Waals surface area contributed by atoms with Crippen molar-refractivity contribution >= 4 is 28.9 Å². The summed E-state index contributed by atoms with van der Waals surface area (Å²) in [6.07, 6.45) is 3.60. The molecule has 2 aromatic heterocycles. The maximum atomic E-state index is 11.8. The third-order valence-corrected chi connectivity index (χ3v) is 4.56. The summed E-state index contributed by atoms with van der Waals surface area (Å²) in [7, 11) is 0. The minimum atomic E-state index is -0.261. The van der Waals surface area contributed by atoms with E-state index in [2.05, 4.69) is 5.10 Å². The minimum absolute atomic E-state index is 0.261. The third kappa shape index (κ3) is 2.17. The van der Waals surface area contributed by atoms with Crippen molar-refractivity contribution in [2.24, 2.45) is 0 Å². The standard InChI is InChI=1S/C13H13ClN2O2S/c1-2-18-13(17)11-6-8-10(19-11)4-3-5-16-12(8)9(14)7-15-16/h6-7H,2-5H2,1H3. The van der Waals surface area contributed by atoms with Crippen molar-refractivity contribution < 1.29 is 9.53 Å². The van der Waals surface area contributed by atoms with Crippen molar-refractivity contribution in [2.75, 3.05) is 6.61 Å². The Hall–Kier alpha value is -1.33. The number of rotatable bonds is 2. The fourth-order valence-corrected chi connectivity index (χ4v) is 3.65. The number of hydrogen-bond acceptors (Lipinski definition) is 4. The summed E-state index contributed by atoms with van der Waals surface area (Å²) < 4.78 is 6.97. The van der Waals surface area contributed by atoms with Gasteiger partial charge in [-0.3, -0.25) is 4.68 Å². The van der Waals surface area contributed by atoms with Gasteiger partial charge in [-0.1, -0.05) is 11.6 Å². The maximum Gasteiger partial charge on any atom is 0.348 e. The highest BCUT2D eigenvalue weighted by Gasteiger charge is 2.23. The third-order valence-electron chi connectivity index (χ3n) is 3.11. The van der Waals surface area contributed by atoms with Crippen LogP contribution >= 0.6 is 22.9 Å². The Balaban J connectivity index is 2.08. The van der Waals surface area contributed by atoms with Crippen molar-refractivity contribution in [3.63, 3.8) is 0 Å². The predicted octanol–water partition coefficient (Wildman–Crippen LogP) is 3.39. The zero-order valence-corrected chi connectivity index (χ0v) is 12.1. The lowest BCUT2D eigenvalue weighted by molar-refractivity contribution is 0.0532. The number of aryl methyl sites for hydroxylation is 2. The fourth-order valence-electron chi connectivity index (χ4n) is 2.31. The highest BCUT2D eigenvalue weighted by Crippen LogP contribution is 2.38. The quantitative estimate of drug-likeness (QED) is 0.798. The van der Waals surface area contributed by atoms with Crippen LogP contribution in [0.2, 0.25) is 5.02 Å². The summed E-state index contributed by atoms with van der Waals surface area (Å²) in [4.78, 5) is 13.6. The summed E-state index contributed by atoms with van der Waals surface area (Å²) in [5, 5.41) is 4.91. The molecule has 0 saturated heterocycles. The predicted molar refractivity (Wildman–Crippen MR) is 74.8 cm³/mol. The van der Waals surface area contributed by atoms with E-state index in [1.807, 2.05) is 17.7 Å². The average Bonchev–Trinajstić information content (AvgIpc) is 2.90. The normalized spacial score (nSPS) is 13.6. The first-order valence-corrected chi connectivity index (χ1v) is 7.41. The lowest BCUT2D eigenvalue weighted by Crippen LogP contribution is -2.02. The molecule has 3 rings (SSSR count). The van der Waals surface area contributed by atoms with Crippen molar-refractivity contribution in [3.05, 3.63) is 27.0 Å². The van der Waals surface area contributed by atoms with Gasteiger partial charge < -0.3 is 4.74 Å². The van der Waals surface area contributed by atoms with Crippen LogP contribution in [0.1, 0.15) is 27.9 Å². The van der Waals surface area contributed by atoms with E-state index in [1.54, 1.807) is 6.20 Å². The van der Waals surface area contributed by atoms with Crippen molar-refractivity contribution in [1.82, 2.24) is 9.78 Å². The van der Waals surface area contributed by atoms with Crippen LogP contribution in [0.25, 0.3) is 11.3 Å². The number of halogens is 1. The number of ether oxygens (including phenoxy) is 1.